The van der Waals surface area contributed by atoms with E-state index in [1.807, 2.05) is 6.26 Å². The molecule has 0 aliphatic rings. The average Bonchev–Trinajstić information content (AvgIpc) is 2.45. The van der Waals surface area contributed by atoms with E-state index in [0.29, 0.717) is 6.42 Å². The van der Waals surface area contributed by atoms with Gasteiger partial charge in [-0.3, -0.25) is 4.79 Å². The summed E-state index contributed by atoms with van der Waals surface area (Å²) in [7, 11) is -3.64. The normalized spacial score (nSPS) is 12.9. The number of nitrogens with one attached hydrogen (secondary N) is 2. The fourth-order valence-corrected chi connectivity index (χ4v) is 3.36. The van der Waals surface area contributed by atoms with Crippen molar-refractivity contribution in [1.29, 1.82) is 0 Å². The molecule has 21 heavy (non-hydrogen) atoms. The van der Waals surface area contributed by atoms with Crippen molar-refractivity contribution in [2.75, 3.05) is 23.9 Å². The minimum atomic E-state index is -3.64. The molecule has 1 rings (SSSR count). The van der Waals surface area contributed by atoms with Gasteiger partial charge >= 0.3 is 0 Å². The first-order valence-electron chi connectivity index (χ1n) is 6.56. The SMILES string of the molecule is CCNS(=O)(=O)c1ccccc1NC(=O)[C@H](N)CCSC. The third-order valence-electron chi connectivity index (χ3n) is 2.74. The predicted octanol–water partition coefficient (Wildman–Crippen LogP) is 1.00. The summed E-state index contributed by atoms with van der Waals surface area (Å²) in [5.74, 6) is 0.384. The van der Waals surface area contributed by atoms with Gasteiger partial charge in [-0.2, -0.15) is 11.8 Å². The number of rotatable bonds is 8. The molecule has 118 valence electrons. The highest BCUT2D eigenvalue weighted by molar-refractivity contribution is 7.98. The Bertz CT molecular complexity index is 576. The number of carbonyl (C=O) groups is 1. The van der Waals surface area contributed by atoms with Crippen LogP contribution in [0.5, 0.6) is 0 Å². The van der Waals surface area contributed by atoms with Gasteiger partial charge in [-0.1, -0.05) is 19.1 Å². The van der Waals surface area contributed by atoms with Crippen molar-refractivity contribution in [2.45, 2.75) is 24.3 Å². The summed E-state index contributed by atoms with van der Waals surface area (Å²) in [5, 5.41) is 2.59. The Labute approximate surface area is 129 Å². The van der Waals surface area contributed by atoms with Crippen LogP contribution in [0.4, 0.5) is 5.69 Å². The van der Waals surface area contributed by atoms with E-state index in [4.69, 9.17) is 5.73 Å². The van der Waals surface area contributed by atoms with Crippen LogP contribution in [0.1, 0.15) is 13.3 Å². The molecule has 1 atom stereocenters. The fourth-order valence-electron chi connectivity index (χ4n) is 1.67. The minimum Gasteiger partial charge on any atom is -0.324 e. The van der Waals surface area contributed by atoms with E-state index < -0.39 is 16.1 Å². The second-order valence-corrected chi connectivity index (χ2v) is 7.10. The zero-order valence-electron chi connectivity index (χ0n) is 12.1. The molecule has 0 fully saturated rings. The Kier molecular flexibility index (Phi) is 7.16. The number of thioether (sulfide) groups is 1. The zero-order valence-corrected chi connectivity index (χ0v) is 13.8. The third-order valence-corrected chi connectivity index (χ3v) is 4.99. The molecule has 1 amide bonds. The molecule has 6 nitrogen and oxygen atoms in total. The number of hydrogen-bond donors (Lipinski definition) is 3. The zero-order chi connectivity index (χ0) is 15.9. The smallest absolute Gasteiger partial charge is 0.242 e. The number of amides is 1. The van der Waals surface area contributed by atoms with Crippen molar-refractivity contribution in [3.63, 3.8) is 0 Å². The van der Waals surface area contributed by atoms with Crippen molar-refractivity contribution in [3.05, 3.63) is 24.3 Å². The largest absolute Gasteiger partial charge is 0.324 e. The molecule has 1 aromatic carbocycles. The van der Waals surface area contributed by atoms with Gasteiger partial charge in [0.2, 0.25) is 15.9 Å². The molecule has 0 heterocycles. The maximum absolute atomic E-state index is 12.1. The third kappa shape index (κ3) is 5.31. The van der Waals surface area contributed by atoms with Crippen LogP contribution in [-0.2, 0) is 14.8 Å². The number of carbonyl (C=O) groups excluding carboxylic acids is 1. The van der Waals surface area contributed by atoms with Gasteiger partial charge in [-0.25, -0.2) is 13.1 Å². The van der Waals surface area contributed by atoms with Gasteiger partial charge in [-0.15, -0.1) is 0 Å². The van der Waals surface area contributed by atoms with Gasteiger partial charge < -0.3 is 11.1 Å². The first-order valence-corrected chi connectivity index (χ1v) is 9.44. The lowest BCUT2D eigenvalue weighted by Crippen LogP contribution is -2.36. The van der Waals surface area contributed by atoms with Crippen LogP contribution in [0.15, 0.2) is 29.2 Å². The summed E-state index contributed by atoms with van der Waals surface area (Å²) in [6.07, 6.45) is 2.47. The van der Waals surface area contributed by atoms with Crippen molar-refractivity contribution < 1.29 is 13.2 Å². The molecule has 0 spiro atoms. The van der Waals surface area contributed by atoms with E-state index in [1.54, 1.807) is 36.9 Å². The highest BCUT2D eigenvalue weighted by Gasteiger charge is 2.20. The monoisotopic (exact) mass is 331 g/mol. The maximum atomic E-state index is 12.1. The van der Waals surface area contributed by atoms with Gasteiger partial charge in [0.1, 0.15) is 4.90 Å². The Balaban J connectivity index is 2.92. The fraction of sp³-hybridized carbons (Fsp3) is 0.462. The molecule has 0 aliphatic heterocycles. The number of benzene rings is 1. The van der Waals surface area contributed by atoms with Gasteiger partial charge in [-0.05, 0) is 30.6 Å². The number of sulfonamides is 1. The highest BCUT2D eigenvalue weighted by atomic mass is 32.2. The van der Waals surface area contributed by atoms with Crippen LogP contribution in [0, 0.1) is 0 Å². The Morgan fingerprint density at radius 1 is 1.38 bits per heavy atom. The van der Waals surface area contributed by atoms with Crippen LogP contribution >= 0.6 is 11.8 Å². The number of hydrogen-bond acceptors (Lipinski definition) is 5. The van der Waals surface area contributed by atoms with Crippen LogP contribution in [0.2, 0.25) is 0 Å². The lowest BCUT2D eigenvalue weighted by molar-refractivity contribution is -0.117. The average molecular weight is 331 g/mol. The summed E-state index contributed by atoms with van der Waals surface area (Å²) in [4.78, 5) is 12.0. The summed E-state index contributed by atoms with van der Waals surface area (Å²) >= 11 is 1.60. The number of nitrogens with two attached hydrogens (primary N) is 1. The minimum absolute atomic E-state index is 0.0391. The first kappa shape index (κ1) is 18.0. The molecule has 4 N–H and O–H groups in total. The molecule has 1 aromatic rings. The standard InChI is InChI=1S/C13H21N3O3S2/c1-3-15-21(18,19)12-7-5-4-6-11(12)16-13(17)10(14)8-9-20-2/h4-7,10,15H,3,8-9,14H2,1-2H3,(H,16,17)/t10-/m1/s1. The van der Waals surface area contributed by atoms with Crippen molar-refractivity contribution in [2.24, 2.45) is 5.73 Å². The Hall–Kier alpha value is -1.09. The van der Waals surface area contributed by atoms with E-state index in [0.717, 1.165) is 5.75 Å². The summed E-state index contributed by atoms with van der Waals surface area (Å²) in [5.41, 5.74) is 6.02. The van der Waals surface area contributed by atoms with E-state index in [1.165, 1.54) is 6.07 Å². The molecule has 0 saturated heterocycles. The summed E-state index contributed by atoms with van der Waals surface area (Å²) in [6.45, 7) is 1.97. The van der Waals surface area contributed by atoms with E-state index in [-0.39, 0.29) is 23.0 Å². The molecule has 0 aromatic heterocycles. The molecular formula is C13H21N3O3S2. The van der Waals surface area contributed by atoms with Crippen LogP contribution in [-0.4, -0.2) is 38.9 Å². The van der Waals surface area contributed by atoms with Crippen LogP contribution in [0.3, 0.4) is 0 Å². The van der Waals surface area contributed by atoms with E-state index in [2.05, 4.69) is 10.0 Å². The molecule has 8 heteroatoms. The first-order chi connectivity index (χ1) is 9.92. The molecule has 0 aliphatic carbocycles. The van der Waals surface area contributed by atoms with Gasteiger partial charge in [0.25, 0.3) is 0 Å². The second-order valence-electron chi connectivity index (χ2n) is 4.37. The summed E-state index contributed by atoms with van der Waals surface area (Å²) in [6, 6.07) is 5.60. The molecule has 0 saturated carbocycles. The lowest BCUT2D eigenvalue weighted by Gasteiger charge is -2.15. The van der Waals surface area contributed by atoms with Crippen LogP contribution in [0.25, 0.3) is 0 Å². The van der Waals surface area contributed by atoms with Gasteiger partial charge in [0.15, 0.2) is 0 Å². The highest BCUT2D eigenvalue weighted by Crippen LogP contribution is 2.20. The van der Waals surface area contributed by atoms with Gasteiger partial charge in [0.05, 0.1) is 11.7 Å². The molecule has 0 radical (unpaired) electrons. The number of para-hydroxylation sites is 1. The van der Waals surface area contributed by atoms with E-state index >= 15 is 0 Å². The maximum Gasteiger partial charge on any atom is 0.242 e. The Morgan fingerprint density at radius 2 is 2.05 bits per heavy atom. The topological polar surface area (TPSA) is 101 Å². The second kappa shape index (κ2) is 8.38. The Morgan fingerprint density at radius 3 is 2.67 bits per heavy atom. The van der Waals surface area contributed by atoms with E-state index in [9.17, 15) is 13.2 Å². The van der Waals surface area contributed by atoms with Crippen molar-refractivity contribution in [3.8, 4) is 0 Å². The summed E-state index contributed by atoms with van der Waals surface area (Å²) < 4.78 is 26.6. The van der Waals surface area contributed by atoms with Crippen molar-refractivity contribution >= 4 is 33.4 Å². The van der Waals surface area contributed by atoms with Crippen LogP contribution < -0.4 is 15.8 Å². The quantitative estimate of drug-likeness (QED) is 0.660. The van der Waals surface area contributed by atoms with Gasteiger partial charge in [0, 0.05) is 6.54 Å². The molecule has 0 bridgehead atoms. The van der Waals surface area contributed by atoms with Crippen molar-refractivity contribution in [1.82, 2.24) is 4.72 Å². The number of anilines is 1. The lowest BCUT2D eigenvalue weighted by atomic mass is 10.2. The molecular weight excluding hydrogens is 310 g/mol. The molecule has 0 unspecified atom stereocenters. The predicted molar refractivity (Wildman–Crippen MR) is 86.9 cm³/mol.